The molecule has 2 aromatic carbocycles. The summed E-state index contributed by atoms with van der Waals surface area (Å²) < 4.78 is 5.58. The van der Waals surface area contributed by atoms with Crippen LogP contribution in [-0.2, 0) is 11.2 Å². The molecule has 2 heterocycles. The Hall–Kier alpha value is -3.09. The van der Waals surface area contributed by atoms with Gasteiger partial charge in [0.2, 0.25) is 0 Å². The van der Waals surface area contributed by atoms with Crippen molar-refractivity contribution < 1.29 is 14.4 Å². The summed E-state index contributed by atoms with van der Waals surface area (Å²) in [6, 6.07) is 14.9. The van der Waals surface area contributed by atoms with Gasteiger partial charge in [-0.05, 0) is 31.0 Å². The van der Waals surface area contributed by atoms with Crippen molar-refractivity contribution in [3.63, 3.8) is 0 Å². The van der Waals surface area contributed by atoms with E-state index in [0.717, 1.165) is 5.56 Å². The topological polar surface area (TPSA) is 88.2 Å². The Morgan fingerprint density at radius 3 is 2.55 bits per heavy atom. The smallest absolute Gasteiger partial charge is 0.334 e. The van der Waals surface area contributed by atoms with E-state index in [1.165, 1.54) is 0 Å². The van der Waals surface area contributed by atoms with Gasteiger partial charge in [-0.2, -0.15) is 4.98 Å². The third kappa shape index (κ3) is 4.09. The first kappa shape index (κ1) is 21.2. The SMILES string of the molecule is CC1=C(C(=O)O)C(c2cccc(Cl)c2Cl)C(c2nc(Cc3ccccc3)no2)=C(C)N1. The lowest BCUT2D eigenvalue weighted by Crippen LogP contribution is -2.27. The molecule has 1 aliphatic heterocycles. The minimum absolute atomic E-state index is 0.146. The molecule has 4 rings (SSSR count). The van der Waals surface area contributed by atoms with Crippen molar-refractivity contribution >= 4 is 34.7 Å². The van der Waals surface area contributed by atoms with Crippen LogP contribution >= 0.6 is 23.2 Å². The molecule has 1 atom stereocenters. The molecule has 0 amide bonds. The fraction of sp³-hybridized carbons (Fsp3) is 0.174. The highest BCUT2D eigenvalue weighted by atomic mass is 35.5. The van der Waals surface area contributed by atoms with Crippen molar-refractivity contribution in [3.8, 4) is 0 Å². The van der Waals surface area contributed by atoms with Crippen LogP contribution in [0.3, 0.4) is 0 Å². The molecule has 0 spiro atoms. The second-order valence-corrected chi connectivity index (χ2v) is 8.05. The van der Waals surface area contributed by atoms with Crippen LogP contribution in [0.25, 0.3) is 5.57 Å². The summed E-state index contributed by atoms with van der Waals surface area (Å²) in [7, 11) is 0. The lowest BCUT2D eigenvalue weighted by atomic mass is 9.80. The maximum absolute atomic E-state index is 12.2. The molecule has 3 aromatic rings. The molecule has 0 saturated heterocycles. The number of allylic oxidation sites excluding steroid dienone is 3. The van der Waals surface area contributed by atoms with Gasteiger partial charge >= 0.3 is 5.97 Å². The fourth-order valence-corrected chi connectivity index (χ4v) is 4.25. The van der Waals surface area contributed by atoms with Gasteiger partial charge in [-0.15, -0.1) is 0 Å². The molecule has 1 aromatic heterocycles. The molecule has 0 fully saturated rings. The van der Waals surface area contributed by atoms with E-state index < -0.39 is 11.9 Å². The van der Waals surface area contributed by atoms with Gasteiger partial charge in [0.05, 0.1) is 21.5 Å². The third-order valence-corrected chi connectivity index (χ3v) is 6.02. The predicted octanol–water partition coefficient (Wildman–Crippen LogP) is 5.44. The Morgan fingerprint density at radius 2 is 1.84 bits per heavy atom. The number of hydrogen-bond donors (Lipinski definition) is 2. The van der Waals surface area contributed by atoms with Crippen LogP contribution in [-0.4, -0.2) is 21.2 Å². The summed E-state index contributed by atoms with van der Waals surface area (Å²) >= 11 is 12.7. The fourth-order valence-electron chi connectivity index (χ4n) is 3.83. The first-order valence-corrected chi connectivity index (χ1v) is 10.3. The van der Waals surface area contributed by atoms with Crippen LogP contribution < -0.4 is 5.32 Å². The summed E-state index contributed by atoms with van der Waals surface area (Å²) in [5, 5.41) is 17.9. The van der Waals surface area contributed by atoms with Crippen molar-refractivity contribution in [1.29, 1.82) is 0 Å². The number of rotatable bonds is 5. The molecule has 158 valence electrons. The maximum atomic E-state index is 12.2. The first-order valence-electron chi connectivity index (χ1n) is 9.59. The Balaban J connectivity index is 1.82. The highest BCUT2D eigenvalue weighted by molar-refractivity contribution is 6.42. The zero-order valence-corrected chi connectivity index (χ0v) is 18.3. The standard InChI is InChI=1S/C23H19Cl2N3O3/c1-12-18(22-27-17(28-31-22)11-14-7-4-3-5-8-14)20(19(23(29)30)13(2)26-12)15-9-6-10-16(24)21(15)25/h3-10,20,26H,11H2,1-2H3,(H,29,30). The molecule has 1 unspecified atom stereocenters. The number of benzene rings is 2. The Kier molecular flexibility index (Phi) is 5.85. The van der Waals surface area contributed by atoms with E-state index >= 15 is 0 Å². The largest absolute Gasteiger partial charge is 0.478 e. The molecule has 0 bridgehead atoms. The van der Waals surface area contributed by atoms with Crippen molar-refractivity contribution in [2.45, 2.75) is 26.2 Å². The number of carboxylic acids is 1. The lowest BCUT2D eigenvalue weighted by molar-refractivity contribution is -0.132. The van der Waals surface area contributed by atoms with E-state index in [9.17, 15) is 9.90 Å². The summed E-state index contributed by atoms with van der Waals surface area (Å²) in [5.41, 5.74) is 3.52. The second kappa shape index (κ2) is 8.57. The monoisotopic (exact) mass is 455 g/mol. The van der Waals surface area contributed by atoms with Crippen molar-refractivity contribution in [3.05, 3.63) is 98.4 Å². The maximum Gasteiger partial charge on any atom is 0.334 e. The normalized spacial score (nSPS) is 16.5. The number of carboxylic acid groups (broad SMARTS) is 1. The van der Waals surface area contributed by atoms with E-state index in [4.69, 9.17) is 27.7 Å². The molecular formula is C23H19Cl2N3O3. The van der Waals surface area contributed by atoms with Crippen molar-refractivity contribution in [2.75, 3.05) is 0 Å². The van der Waals surface area contributed by atoms with E-state index in [0.29, 0.717) is 39.8 Å². The highest BCUT2D eigenvalue weighted by Gasteiger charge is 2.37. The molecule has 0 aliphatic carbocycles. The van der Waals surface area contributed by atoms with E-state index in [1.807, 2.05) is 37.3 Å². The summed E-state index contributed by atoms with van der Waals surface area (Å²) in [4.78, 5) is 16.8. The molecular weight excluding hydrogens is 437 g/mol. The number of aliphatic carboxylic acids is 1. The molecule has 1 aliphatic rings. The van der Waals surface area contributed by atoms with E-state index in [1.54, 1.807) is 25.1 Å². The summed E-state index contributed by atoms with van der Waals surface area (Å²) in [5.74, 6) is -1.06. The Morgan fingerprint density at radius 1 is 1.10 bits per heavy atom. The zero-order chi connectivity index (χ0) is 22.1. The van der Waals surface area contributed by atoms with Crippen molar-refractivity contribution in [2.24, 2.45) is 0 Å². The summed E-state index contributed by atoms with van der Waals surface area (Å²) in [6.45, 7) is 3.55. The molecule has 6 nitrogen and oxygen atoms in total. The Bertz CT molecular complexity index is 1220. The molecule has 31 heavy (non-hydrogen) atoms. The van der Waals surface area contributed by atoms with Gasteiger partial charge < -0.3 is 14.9 Å². The van der Waals surface area contributed by atoms with Crippen LogP contribution in [0.1, 0.15) is 42.6 Å². The minimum Gasteiger partial charge on any atom is -0.478 e. The number of nitrogens with one attached hydrogen (secondary N) is 1. The number of aromatic nitrogens is 2. The predicted molar refractivity (Wildman–Crippen MR) is 119 cm³/mol. The van der Waals surface area contributed by atoms with Gasteiger partial charge in [-0.25, -0.2) is 4.79 Å². The van der Waals surface area contributed by atoms with Gasteiger partial charge in [-0.3, -0.25) is 0 Å². The average Bonchev–Trinajstić information content (AvgIpc) is 3.17. The molecule has 0 radical (unpaired) electrons. The van der Waals surface area contributed by atoms with Crippen LogP contribution in [0.5, 0.6) is 0 Å². The minimum atomic E-state index is -1.07. The number of dihydropyridines is 1. The zero-order valence-electron chi connectivity index (χ0n) is 16.8. The molecule has 2 N–H and O–H groups in total. The van der Waals surface area contributed by atoms with Gasteiger partial charge in [-0.1, -0.05) is 70.8 Å². The first-order chi connectivity index (χ1) is 14.9. The number of nitrogens with zero attached hydrogens (tertiary/aromatic N) is 2. The van der Waals surface area contributed by atoms with Crippen molar-refractivity contribution in [1.82, 2.24) is 15.5 Å². The van der Waals surface area contributed by atoms with Gasteiger partial charge in [0, 0.05) is 23.4 Å². The van der Waals surface area contributed by atoms with E-state index in [-0.39, 0.29) is 16.5 Å². The second-order valence-electron chi connectivity index (χ2n) is 7.26. The third-order valence-electron chi connectivity index (χ3n) is 5.19. The van der Waals surface area contributed by atoms with Gasteiger partial charge in [0.15, 0.2) is 5.82 Å². The highest BCUT2D eigenvalue weighted by Crippen LogP contribution is 2.46. The quantitative estimate of drug-likeness (QED) is 0.531. The van der Waals surface area contributed by atoms with Gasteiger partial charge in [0.1, 0.15) is 0 Å². The summed E-state index contributed by atoms with van der Waals surface area (Å²) in [6.07, 6.45) is 0.493. The van der Waals surface area contributed by atoms with Crippen LogP contribution in [0.15, 0.2) is 70.0 Å². The van der Waals surface area contributed by atoms with Crippen LogP contribution in [0.2, 0.25) is 10.0 Å². The van der Waals surface area contributed by atoms with Gasteiger partial charge in [0.25, 0.3) is 5.89 Å². The van der Waals surface area contributed by atoms with E-state index in [2.05, 4.69) is 15.5 Å². The molecule has 0 saturated carbocycles. The van der Waals surface area contributed by atoms with Crippen LogP contribution in [0.4, 0.5) is 0 Å². The number of halogens is 2. The number of carbonyl (C=O) groups is 1. The lowest BCUT2D eigenvalue weighted by Gasteiger charge is -2.29. The Labute approximate surface area is 189 Å². The molecule has 8 heteroatoms. The van der Waals surface area contributed by atoms with Crippen LogP contribution in [0, 0.1) is 0 Å². The average molecular weight is 456 g/mol. The number of hydrogen-bond acceptors (Lipinski definition) is 5.